The van der Waals surface area contributed by atoms with Crippen LogP contribution >= 0.6 is 0 Å². The second kappa shape index (κ2) is 5.19. The van der Waals surface area contributed by atoms with E-state index in [0.717, 1.165) is 11.3 Å². The van der Waals surface area contributed by atoms with Crippen LogP contribution in [-0.2, 0) is 0 Å². The van der Waals surface area contributed by atoms with Gasteiger partial charge in [-0.1, -0.05) is 13.8 Å². The lowest BCUT2D eigenvalue weighted by molar-refractivity contribution is -0.0658. The number of nitrogens with one attached hydrogen (secondary N) is 1. The molecule has 20 heavy (non-hydrogen) atoms. The van der Waals surface area contributed by atoms with E-state index < -0.39 is 11.7 Å². The first-order valence-corrected chi connectivity index (χ1v) is 7.00. The summed E-state index contributed by atoms with van der Waals surface area (Å²) >= 11 is 0. The summed E-state index contributed by atoms with van der Waals surface area (Å²) in [6.07, 6.45) is -0.681. The topological polar surface area (TPSA) is 58.6 Å². The smallest absolute Gasteiger partial charge is 0.159 e. The van der Waals surface area contributed by atoms with Gasteiger partial charge in [-0.05, 0) is 39.0 Å². The fourth-order valence-electron chi connectivity index (χ4n) is 2.56. The van der Waals surface area contributed by atoms with Gasteiger partial charge in [-0.15, -0.1) is 0 Å². The highest BCUT2D eigenvalue weighted by molar-refractivity contribution is 5.94. The van der Waals surface area contributed by atoms with E-state index in [2.05, 4.69) is 5.32 Å². The lowest BCUT2D eigenvalue weighted by atomic mass is 9.85. The number of hydrogen-bond acceptors (Lipinski definition) is 4. The minimum absolute atomic E-state index is 0.00965. The molecule has 0 aliphatic carbocycles. The molecule has 1 aromatic carbocycles. The Morgan fingerprint density at radius 1 is 1.40 bits per heavy atom. The zero-order valence-corrected chi connectivity index (χ0v) is 12.7. The molecule has 1 aromatic rings. The first-order valence-electron chi connectivity index (χ1n) is 7.00. The summed E-state index contributed by atoms with van der Waals surface area (Å²) in [5, 5.41) is 13.9. The zero-order valence-electron chi connectivity index (χ0n) is 12.7. The van der Waals surface area contributed by atoms with Crippen molar-refractivity contribution in [3.8, 4) is 5.75 Å². The van der Waals surface area contributed by atoms with Gasteiger partial charge < -0.3 is 15.2 Å². The molecule has 2 N–H and O–H groups in total. The van der Waals surface area contributed by atoms with Gasteiger partial charge in [0.25, 0.3) is 0 Å². The van der Waals surface area contributed by atoms with Crippen molar-refractivity contribution in [2.75, 3.05) is 0 Å². The number of carbonyl (C=O) groups excluding carboxylic acids is 1. The van der Waals surface area contributed by atoms with Crippen LogP contribution in [0, 0.1) is 0 Å². The number of aliphatic hydroxyl groups is 1. The molecule has 0 unspecified atom stereocenters. The molecule has 2 rings (SSSR count). The molecular formula is C16H23NO3. The molecule has 0 spiro atoms. The second-order valence-electron chi connectivity index (χ2n) is 6.26. The summed E-state index contributed by atoms with van der Waals surface area (Å²) in [4.78, 5) is 11.5. The van der Waals surface area contributed by atoms with E-state index in [1.807, 2.05) is 39.8 Å². The summed E-state index contributed by atoms with van der Waals surface area (Å²) in [6, 6.07) is 5.37. The Labute approximate surface area is 120 Å². The van der Waals surface area contributed by atoms with Gasteiger partial charge in [-0.3, -0.25) is 4.79 Å². The normalized spacial score (nSPS) is 24.1. The molecule has 1 aliphatic rings. The van der Waals surface area contributed by atoms with Gasteiger partial charge in [0.05, 0.1) is 6.04 Å². The van der Waals surface area contributed by atoms with Crippen molar-refractivity contribution in [1.29, 1.82) is 0 Å². The van der Waals surface area contributed by atoms with Crippen LogP contribution in [-0.4, -0.2) is 28.6 Å². The summed E-state index contributed by atoms with van der Waals surface area (Å²) in [5.41, 5.74) is 0.810. The van der Waals surface area contributed by atoms with E-state index in [1.54, 1.807) is 6.07 Å². The number of rotatable bonds is 3. The molecule has 0 amide bonds. The fourth-order valence-corrected chi connectivity index (χ4v) is 2.56. The summed E-state index contributed by atoms with van der Waals surface area (Å²) in [7, 11) is 0. The number of aliphatic hydroxyl groups excluding tert-OH is 1. The first-order chi connectivity index (χ1) is 9.22. The van der Waals surface area contributed by atoms with Crippen LogP contribution in [0.25, 0.3) is 0 Å². The minimum Gasteiger partial charge on any atom is -0.485 e. The molecule has 4 nitrogen and oxygen atoms in total. The van der Waals surface area contributed by atoms with Crippen LogP contribution in [0.15, 0.2) is 18.2 Å². The lowest BCUT2D eigenvalue weighted by Gasteiger charge is -2.43. The van der Waals surface area contributed by atoms with Crippen LogP contribution in [0.3, 0.4) is 0 Å². The molecule has 0 aromatic heterocycles. The number of fused-ring (bicyclic) bond motifs is 1. The largest absolute Gasteiger partial charge is 0.485 e. The van der Waals surface area contributed by atoms with Gasteiger partial charge in [-0.2, -0.15) is 0 Å². The van der Waals surface area contributed by atoms with E-state index in [9.17, 15) is 9.90 Å². The number of benzene rings is 1. The highest BCUT2D eigenvalue weighted by Crippen LogP contribution is 2.40. The Bertz CT molecular complexity index is 522. The number of carbonyl (C=O) groups is 1. The van der Waals surface area contributed by atoms with Gasteiger partial charge in [0.2, 0.25) is 0 Å². The molecule has 2 atom stereocenters. The number of ether oxygens (including phenoxy) is 1. The molecular weight excluding hydrogens is 254 g/mol. The molecule has 4 heteroatoms. The van der Waals surface area contributed by atoms with Gasteiger partial charge >= 0.3 is 0 Å². The molecule has 110 valence electrons. The number of Topliss-reactive ketones (excluding diaryl/α,β-unsaturated/α-hetero) is 1. The SMILES string of the molecule is CC(=O)c1ccc2c(c1)[C@@H](NC(C)C)[C@H](O)C(C)(C)O2. The zero-order chi connectivity index (χ0) is 15.1. The lowest BCUT2D eigenvalue weighted by Crippen LogP contribution is -2.53. The van der Waals surface area contributed by atoms with Crippen molar-refractivity contribution in [1.82, 2.24) is 5.32 Å². The fraction of sp³-hybridized carbons (Fsp3) is 0.562. The Hall–Kier alpha value is -1.39. The molecule has 1 heterocycles. The average molecular weight is 277 g/mol. The Kier molecular flexibility index (Phi) is 3.89. The quantitative estimate of drug-likeness (QED) is 0.833. The van der Waals surface area contributed by atoms with Gasteiger partial charge in [-0.25, -0.2) is 0 Å². The van der Waals surface area contributed by atoms with E-state index in [-0.39, 0.29) is 17.9 Å². The van der Waals surface area contributed by atoms with E-state index in [0.29, 0.717) is 5.56 Å². The third-order valence-electron chi connectivity index (χ3n) is 3.67. The number of hydrogen-bond donors (Lipinski definition) is 2. The van der Waals surface area contributed by atoms with E-state index in [4.69, 9.17) is 4.74 Å². The maximum atomic E-state index is 11.5. The maximum Gasteiger partial charge on any atom is 0.159 e. The average Bonchev–Trinajstić information content (AvgIpc) is 2.33. The van der Waals surface area contributed by atoms with Crippen molar-refractivity contribution in [2.45, 2.75) is 58.4 Å². The van der Waals surface area contributed by atoms with Crippen molar-refractivity contribution < 1.29 is 14.6 Å². The molecule has 1 aliphatic heterocycles. The predicted octanol–water partition coefficient (Wildman–Crippen LogP) is 2.46. The molecule has 0 saturated heterocycles. The van der Waals surface area contributed by atoms with Crippen molar-refractivity contribution >= 4 is 5.78 Å². The molecule has 0 bridgehead atoms. The van der Waals surface area contributed by atoms with E-state index >= 15 is 0 Å². The van der Waals surface area contributed by atoms with Crippen molar-refractivity contribution in [3.05, 3.63) is 29.3 Å². The van der Waals surface area contributed by atoms with Crippen LogP contribution < -0.4 is 10.1 Å². The van der Waals surface area contributed by atoms with E-state index in [1.165, 1.54) is 6.92 Å². The Balaban J connectivity index is 2.50. The van der Waals surface area contributed by atoms with Crippen molar-refractivity contribution in [2.24, 2.45) is 0 Å². The number of ketones is 1. The highest BCUT2D eigenvalue weighted by Gasteiger charge is 2.43. The third-order valence-corrected chi connectivity index (χ3v) is 3.67. The third kappa shape index (κ3) is 2.72. The van der Waals surface area contributed by atoms with Crippen molar-refractivity contribution in [3.63, 3.8) is 0 Å². The maximum absolute atomic E-state index is 11.5. The monoisotopic (exact) mass is 277 g/mol. The standard InChI is InChI=1S/C16H23NO3/c1-9(2)17-14-12-8-11(10(3)18)6-7-13(12)20-16(4,5)15(14)19/h6-9,14-15,17,19H,1-5H3/t14-,15+/m1/s1. The van der Waals surface area contributed by atoms with Crippen LogP contribution in [0.4, 0.5) is 0 Å². The first kappa shape index (κ1) is 15.0. The molecule has 0 radical (unpaired) electrons. The predicted molar refractivity (Wildman–Crippen MR) is 78.2 cm³/mol. The van der Waals surface area contributed by atoms with Crippen LogP contribution in [0.1, 0.15) is 56.6 Å². The van der Waals surface area contributed by atoms with Gasteiger partial charge in [0, 0.05) is 17.2 Å². The summed E-state index contributed by atoms with van der Waals surface area (Å²) in [5.74, 6) is 0.735. The highest BCUT2D eigenvalue weighted by atomic mass is 16.5. The molecule has 0 fully saturated rings. The Morgan fingerprint density at radius 3 is 2.60 bits per heavy atom. The Morgan fingerprint density at radius 2 is 2.05 bits per heavy atom. The molecule has 0 saturated carbocycles. The second-order valence-corrected chi connectivity index (χ2v) is 6.26. The van der Waals surface area contributed by atoms with Crippen LogP contribution in [0.2, 0.25) is 0 Å². The minimum atomic E-state index is -0.681. The summed E-state index contributed by atoms with van der Waals surface area (Å²) in [6.45, 7) is 9.34. The van der Waals surface area contributed by atoms with Gasteiger partial charge in [0.15, 0.2) is 5.78 Å². The summed E-state index contributed by atoms with van der Waals surface area (Å²) < 4.78 is 5.88. The van der Waals surface area contributed by atoms with Gasteiger partial charge in [0.1, 0.15) is 17.5 Å². The van der Waals surface area contributed by atoms with Crippen LogP contribution in [0.5, 0.6) is 5.75 Å².